The molecule has 1 rings (SSSR count). The maximum Gasteiger partial charge on any atom is 0.235 e. The quantitative estimate of drug-likeness (QED) is 0.869. The van der Waals surface area contributed by atoms with E-state index in [-0.39, 0.29) is 22.3 Å². The minimum Gasteiger partial charge on any atom is -0.348 e. The van der Waals surface area contributed by atoms with E-state index in [0.29, 0.717) is 0 Å². The van der Waals surface area contributed by atoms with Crippen molar-refractivity contribution in [3.63, 3.8) is 0 Å². The highest BCUT2D eigenvalue weighted by atomic mass is 35.5. The van der Waals surface area contributed by atoms with Crippen LogP contribution in [0.25, 0.3) is 0 Å². The van der Waals surface area contributed by atoms with Crippen molar-refractivity contribution in [2.24, 2.45) is 5.92 Å². The highest BCUT2D eigenvalue weighted by Gasteiger charge is 2.23. The Balaban J connectivity index is 2.96. The van der Waals surface area contributed by atoms with E-state index < -0.39 is 33.4 Å². The van der Waals surface area contributed by atoms with Gasteiger partial charge in [-0.2, -0.15) is 0 Å². The Morgan fingerprint density at radius 3 is 2.48 bits per heavy atom. The van der Waals surface area contributed by atoms with E-state index in [1.54, 1.807) is 0 Å². The third-order valence-corrected chi connectivity index (χ3v) is 4.89. The molecule has 0 spiro atoms. The Hall–Kier alpha value is -1.14. The molecule has 0 aliphatic rings. The molecule has 7 heteroatoms. The lowest BCUT2D eigenvalue weighted by molar-refractivity contribution is -0.119. The van der Waals surface area contributed by atoms with Crippen molar-refractivity contribution in [3.05, 3.63) is 34.6 Å². The smallest absolute Gasteiger partial charge is 0.235 e. The average Bonchev–Trinajstić information content (AvgIpc) is 2.36. The number of nitrogens with one attached hydrogen (secondary N) is 1. The van der Waals surface area contributed by atoms with Crippen molar-refractivity contribution in [2.45, 2.75) is 26.8 Å². The van der Waals surface area contributed by atoms with Crippen LogP contribution >= 0.6 is 11.6 Å². The SMILES string of the molecule is CCS(=O)(=O)CC(=O)N[C@@H](c1ccc(Cl)cc1F)C(C)C. The van der Waals surface area contributed by atoms with Gasteiger partial charge in [-0.3, -0.25) is 4.79 Å². The Labute approximate surface area is 129 Å². The highest BCUT2D eigenvalue weighted by molar-refractivity contribution is 7.92. The van der Waals surface area contributed by atoms with E-state index in [4.69, 9.17) is 11.6 Å². The van der Waals surface area contributed by atoms with Crippen LogP contribution in [0.2, 0.25) is 5.02 Å². The zero-order chi connectivity index (χ0) is 16.2. The number of amides is 1. The molecule has 1 aromatic rings. The number of rotatable bonds is 6. The van der Waals surface area contributed by atoms with E-state index in [9.17, 15) is 17.6 Å². The number of carbonyl (C=O) groups excluding carboxylic acids is 1. The maximum absolute atomic E-state index is 14.0. The molecule has 0 fully saturated rings. The molecule has 21 heavy (non-hydrogen) atoms. The van der Waals surface area contributed by atoms with Crippen molar-refractivity contribution in [2.75, 3.05) is 11.5 Å². The van der Waals surface area contributed by atoms with Crippen LogP contribution in [0.3, 0.4) is 0 Å². The average molecular weight is 336 g/mol. The summed E-state index contributed by atoms with van der Waals surface area (Å²) in [4.78, 5) is 11.8. The van der Waals surface area contributed by atoms with Gasteiger partial charge in [0.2, 0.25) is 5.91 Å². The first-order valence-electron chi connectivity index (χ1n) is 6.61. The number of hydrogen-bond donors (Lipinski definition) is 1. The minimum absolute atomic E-state index is 0.103. The Bertz CT molecular complexity index is 617. The predicted octanol–water partition coefficient (Wildman–Crippen LogP) is 2.73. The molecule has 0 saturated carbocycles. The Morgan fingerprint density at radius 1 is 1.38 bits per heavy atom. The third-order valence-electron chi connectivity index (χ3n) is 3.07. The van der Waals surface area contributed by atoms with Crippen molar-refractivity contribution in [1.29, 1.82) is 0 Å². The van der Waals surface area contributed by atoms with Gasteiger partial charge in [0.25, 0.3) is 0 Å². The van der Waals surface area contributed by atoms with Gasteiger partial charge in [-0.05, 0) is 18.1 Å². The zero-order valence-electron chi connectivity index (χ0n) is 12.2. The second kappa shape index (κ2) is 7.22. The largest absolute Gasteiger partial charge is 0.348 e. The topological polar surface area (TPSA) is 63.2 Å². The first-order chi connectivity index (χ1) is 9.66. The molecule has 0 aliphatic heterocycles. The second-order valence-electron chi connectivity index (χ2n) is 5.13. The molecule has 1 N–H and O–H groups in total. The fraction of sp³-hybridized carbons (Fsp3) is 0.500. The van der Waals surface area contributed by atoms with E-state index >= 15 is 0 Å². The van der Waals surface area contributed by atoms with E-state index in [0.717, 1.165) is 0 Å². The number of hydrogen-bond acceptors (Lipinski definition) is 3. The summed E-state index contributed by atoms with van der Waals surface area (Å²) >= 11 is 5.71. The monoisotopic (exact) mass is 335 g/mol. The molecule has 1 amide bonds. The standard InChI is InChI=1S/C14H19ClFNO3S/c1-4-21(19,20)8-13(18)17-14(9(2)3)11-6-5-10(15)7-12(11)16/h5-7,9,14H,4,8H2,1-3H3,(H,17,18)/t14-/m1/s1. The number of sulfone groups is 1. The number of benzene rings is 1. The van der Waals surface area contributed by atoms with Crippen molar-refractivity contribution < 1.29 is 17.6 Å². The van der Waals surface area contributed by atoms with Gasteiger partial charge in [-0.15, -0.1) is 0 Å². The summed E-state index contributed by atoms with van der Waals surface area (Å²) in [6.45, 7) is 5.10. The lowest BCUT2D eigenvalue weighted by Crippen LogP contribution is -2.36. The highest BCUT2D eigenvalue weighted by Crippen LogP contribution is 2.26. The van der Waals surface area contributed by atoms with Gasteiger partial charge in [0, 0.05) is 16.3 Å². The van der Waals surface area contributed by atoms with Crippen LogP contribution in [0.15, 0.2) is 18.2 Å². The van der Waals surface area contributed by atoms with E-state index in [1.165, 1.54) is 25.1 Å². The van der Waals surface area contributed by atoms with Gasteiger partial charge in [0.15, 0.2) is 9.84 Å². The van der Waals surface area contributed by atoms with Crippen LogP contribution in [0.5, 0.6) is 0 Å². The summed E-state index contributed by atoms with van der Waals surface area (Å²) in [6.07, 6.45) is 0. The second-order valence-corrected chi connectivity index (χ2v) is 7.92. The zero-order valence-corrected chi connectivity index (χ0v) is 13.8. The summed E-state index contributed by atoms with van der Waals surface area (Å²) in [5, 5.41) is 2.84. The lowest BCUT2D eigenvalue weighted by Gasteiger charge is -2.23. The molecule has 0 aromatic heterocycles. The Kier molecular flexibility index (Phi) is 6.16. The van der Waals surface area contributed by atoms with E-state index in [1.807, 2.05) is 13.8 Å². The molecular formula is C14H19ClFNO3S. The molecule has 0 unspecified atom stereocenters. The third kappa shape index (κ3) is 5.28. The molecule has 0 saturated heterocycles. The first-order valence-corrected chi connectivity index (χ1v) is 8.81. The predicted molar refractivity (Wildman–Crippen MR) is 81.5 cm³/mol. The summed E-state index contributed by atoms with van der Waals surface area (Å²) in [5.41, 5.74) is 0.289. The molecular weight excluding hydrogens is 317 g/mol. The van der Waals surface area contributed by atoms with Gasteiger partial charge in [-0.25, -0.2) is 12.8 Å². The van der Waals surface area contributed by atoms with Crippen molar-refractivity contribution >= 4 is 27.3 Å². The van der Waals surface area contributed by atoms with Crippen molar-refractivity contribution in [3.8, 4) is 0 Å². The van der Waals surface area contributed by atoms with Crippen molar-refractivity contribution in [1.82, 2.24) is 5.32 Å². The minimum atomic E-state index is -3.42. The van der Waals surface area contributed by atoms with Crippen LogP contribution < -0.4 is 5.32 Å². The van der Waals surface area contributed by atoms with E-state index in [2.05, 4.69) is 5.32 Å². The molecule has 1 aromatic carbocycles. The van der Waals surface area contributed by atoms with Crippen LogP contribution in [-0.4, -0.2) is 25.8 Å². The van der Waals surface area contributed by atoms with Gasteiger partial charge < -0.3 is 5.32 Å². The summed E-state index contributed by atoms with van der Waals surface area (Å²) < 4.78 is 36.9. The molecule has 1 atom stereocenters. The fourth-order valence-corrected chi connectivity index (χ4v) is 2.72. The van der Waals surface area contributed by atoms with Gasteiger partial charge >= 0.3 is 0 Å². The van der Waals surface area contributed by atoms with Gasteiger partial charge in [0.05, 0.1) is 6.04 Å². The van der Waals surface area contributed by atoms with Crippen LogP contribution in [-0.2, 0) is 14.6 Å². The number of halogens is 2. The maximum atomic E-state index is 14.0. The molecule has 0 bridgehead atoms. The Morgan fingerprint density at radius 2 is 2.00 bits per heavy atom. The summed E-state index contributed by atoms with van der Waals surface area (Å²) in [7, 11) is -3.42. The van der Waals surface area contributed by atoms with Gasteiger partial charge in [0.1, 0.15) is 11.6 Å². The van der Waals surface area contributed by atoms with Crippen LogP contribution in [0.1, 0.15) is 32.4 Å². The normalized spacial score (nSPS) is 13.2. The van der Waals surface area contributed by atoms with Crippen LogP contribution in [0, 0.1) is 11.7 Å². The molecule has 118 valence electrons. The van der Waals surface area contributed by atoms with Crippen LogP contribution in [0.4, 0.5) is 4.39 Å². The molecule has 0 radical (unpaired) electrons. The molecule has 4 nitrogen and oxygen atoms in total. The van der Waals surface area contributed by atoms with Gasteiger partial charge in [-0.1, -0.05) is 38.4 Å². The number of carbonyl (C=O) groups is 1. The lowest BCUT2D eigenvalue weighted by atomic mass is 9.95. The molecule has 0 heterocycles. The molecule has 0 aliphatic carbocycles. The summed E-state index contributed by atoms with van der Waals surface area (Å²) in [5.74, 6) is -1.97. The fourth-order valence-electron chi connectivity index (χ4n) is 1.87. The summed E-state index contributed by atoms with van der Waals surface area (Å²) in [6, 6.07) is 3.59. The first kappa shape index (κ1) is 17.9.